The molecule has 138 valence electrons. The van der Waals surface area contributed by atoms with Crippen LogP contribution in [0.25, 0.3) is 0 Å². The molecular formula is C16H16FN3O5S. The zero-order valence-corrected chi connectivity index (χ0v) is 14.6. The number of amides is 1. The molecule has 0 radical (unpaired) electrons. The first kappa shape index (κ1) is 19.5. The van der Waals surface area contributed by atoms with Gasteiger partial charge >= 0.3 is 0 Å². The molecule has 1 N–H and O–H groups in total. The first-order valence-electron chi connectivity index (χ1n) is 7.42. The Hall–Kier alpha value is -2.85. The van der Waals surface area contributed by atoms with Gasteiger partial charge in [-0.1, -0.05) is 12.1 Å². The molecule has 0 aliphatic carbocycles. The van der Waals surface area contributed by atoms with Crippen LogP contribution in [0.3, 0.4) is 0 Å². The lowest BCUT2D eigenvalue weighted by Gasteiger charge is -2.17. The summed E-state index contributed by atoms with van der Waals surface area (Å²) in [5, 5.41) is 13.1. The Balaban J connectivity index is 1.94. The minimum Gasteiger partial charge on any atom is -0.351 e. The van der Waals surface area contributed by atoms with Crippen molar-refractivity contribution >= 4 is 21.6 Å². The predicted octanol–water partition coefficient (Wildman–Crippen LogP) is 1.67. The number of hydrogen-bond acceptors (Lipinski definition) is 5. The van der Waals surface area contributed by atoms with Crippen LogP contribution in [0.15, 0.2) is 53.4 Å². The molecule has 1 amide bonds. The van der Waals surface area contributed by atoms with Gasteiger partial charge in [0.25, 0.3) is 5.69 Å². The lowest BCUT2D eigenvalue weighted by Crippen LogP contribution is -2.38. The fraction of sp³-hybridized carbons (Fsp3) is 0.188. The Morgan fingerprint density at radius 1 is 1.15 bits per heavy atom. The Morgan fingerprint density at radius 3 is 2.27 bits per heavy atom. The van der Waals surface area contributed by atoms with Crippen molar-refractivity contribution in [3.05, 3.63) is 70.0 Å². The van der Waals surface area contributed by atoms with Crippen molar-refractivity contribution in [2.45, 2.75) is 11.4 Å². The summed E-state index contributed by atoms with van der Waals surface area (Å²) >= 11 is 0. The Morgan fingerprint density at radius 2 is 1.73 bits per heavy atom. The molecule has 0 aromatic heterocycles. The van der Waals surface area contributed by atoms with Crippen molar-refractivity contribution in [3.8, 4) is 0 Å². The third-order valence-electron chi connectivity index (χ3n) is 3.52. The molecular weight excluding hydrogens is 365 g/mol. The molecule has 0 heterocycles. The highest BCUT2D eigenvalue weighted by molar-refractivity contribution is 7.89. The van der Waals surface area contributed by atoms with Crippen molar-refractivity contribution in [2.24, 2.45) is 0 Å². The van der Waals surface area contributed by atoms with E-state index in [-0.39, 0.29) is 17.1 Å². The SMILES string of the molecule is CN(CC(=O)NCc1ccc([N+](=O)[O-])cc1)S(=O)(=O)c1ccc(F)cc1. The summed E-state index contributed by atoms with van der Waals surface area (Å²) in [5.74, 6) is -1.11. The highest BCUT2D eigenvalue weighted by Gasteiger charge is 2.22. The second kappa shape index (κ2) is 8.02. The number of likely N-dealkylation sites (N-methyl/N-ethyl adjacent to an activating group) is 1. The van der Waals surface area contributed by atoms with E-state index < -0.39 is 33.2 Å². The van der Waals surface area contributed by atoms with Crippen molar-refractivity contribution in [3.63, 3.8) is 0 Å². The number of nitro benzene ring substituents is 1. The molecule has 0 unspecified atom stereocenters. The van der Waals surface area contributed by atoms with Gasteiger partial charge < -0.3 is 5.32 Å². The lowest BCUT2D eigenvalue weighted by molar-refractivity contribution is -0.384. The van der Waals surface area contributed by atoms with Crippen molar-refractivity contribution in [2.75, 3.05) is 13.6 Å². The number of nitro groups is 1. The van der Waals surface area contributed by atoms with Crippen LogP contribution in [0.1, 0.15) is 5.56 Å². The number of nitrogens with zero attached hydrogens (tertiary/aromatic N) is 2. The monoisotopic (exact) mass is 381 g/mol. The largest absolute Gasteiger partial charge is 0.351 e. The summed E-state index contributed by atoms with van der Waals surface area (Å²) in [7, 11) is -2.68. The van der Waals surface area contributed by atoms with Gasteiger partial charge in [0.1, 0.15) is 5.82 Å². The first-order valence-corrected chi connectivity index (χ1v) is 8.86. The van der Waals surface area contributed by atoms with E-state index in [9.17, 15) is 27.7 Å². The lowest BCUT2D eigenvalue weighted by atomic mass is 10.2. The minimum absolute atomic E-state index is 0.0646. The van der Waals surface area contributed by atoms with Crippen LogP contribution in [0.4, 0.5) is 10.1 Å². The predicted molar refractivity (Wildman–Crippen MR) is 91.2 cm³/mol. The van der Waals surface area contributed by atoms with Crippen molar-refractivity contribution in [1.29, 1.82) is 0 Å². The van der Waals surface area contributed by atoms with Gasteiger partial charge in [0.05, 0.1) is 16.4 Å². The summed E-state index contributed by atoms with van der Waals surface area (Å²) in [6.45, 7) is -0.325. The summed E-state index contributed by atoms with van der Waals surface area (Å²) in [5.41, 5.74) is 0.568. The van der Waals surface area contributed by atoms with Gasteiger partial charge in [-0.15, -0.1) is 0 Å². The number of carbonyl (C=O) groups excluding carboxylic acids is 1. The van der Waals surface area contributed by atoms with Crippen molar-refractivity contribution < 1.29 is 22.5 Å². The Kier molecular flexibility index (Phi) is 6.01. The number of hydrogen-bond donors (Lipinski definition) is 1. The molecule has 2 aromatic carbocycles. The van der Waals surface area contributed by atoms with Crippen LogP contribution in [-0.4, -0.2) is 37.1 Å². The Bertz CT molecular complexity index is 898. The van der Waals surface area contributed by atoms with Gasteiger partial charge in [-0.2, -0.15) is 4.31 Å². The molecule has 0 fully saturated rings. The minimum atomic E-state index is -3.92. The number of non-ortho nitro benzene ring substituents is 1. The van der Waals surface area contributed by atoms with E-state index in [0.29, 0.717) is 5.56 Å². The molecule has 2 rings (SSSR count). The van der Waals surface area contributed by atoms with Gasteiger partial charge in [0.2, 0.25) is 15.9 Å². The van der Waals surface area contributed by atoms with E-state index in [4.69, 9.17) is 0 Å². The quantitative estimate of drug-likeness (QED) is 0.579. The summed E-state index contributed by atoms with van der Waals surface area (Å²) in [6, 6.07) is 9.91. The average Bonchev–Trinajstić information content (AvgIpc) is 2.60. The van der Waals surface area contributed by atoms with E-state index in [1.54, 1.807) is 0 Å². The topological polar surface area (TPSA) is 110 Å². The third-order valence-corrected chi connectivity index (χ3v) is 5.34. The zero-order valence-electron chi connectivity index (χ0n) is 13.8. The van der Waals surface area contributed by atoms with Crippen LogP contribution in [0.2, 0.25) is 0 Å². The summed E-state index contributed by atoms with van der Waals surface area (Å²) < 4.78 is 38.4. The van der Waals surface area contributed by atoms with Gasteiger partial charge in [-0.25, -0.2) is 12.8 Å². The summed E-state index contributed by atoms with van der Waals surface area (Å²) in [4.78, 5) is 21.9. The van der Waals surface area contributed by atoms with Gasteiger partial charge in [-0.3, -0.25) is 14.9 Å². The Labute approximate surface area is 149 Å². The second-order valence-corrected chi connectivity index (χ2v) is 7.46. The van der Waals surface area contributed by atoms with E-state index in [2.05, 4.69) is 5.32 Å². The van der Waals surface area contributed by atoms with Gasteiger partial charge in [0.15, 0.2) is 0 Å². The van der Waals surface area contributed by atoms with E-state index in [0.717, 1.165) is 28.6 Å². The molecule has 2 aromatic rings. The highest BCUT2D eigenvalue weighted by atomic mass is 32.2. The number of nitrogens with one attached hydrogen (secondary N) is 1. The van der Waals surface area contributed by atoms with Gasteiger partial charge in [-0.05, 0) is 29.8 Å². The first-order chi connectivity index (χ1) is 12.2. The standard InChI is InChI=1S/C16H16FN3O5S/c1-19(26(24,25)15-8-4-13(17)5-9-15)11-16(21)18-10-12-2-6-14(7-3-12)20(22)23/h2-9H,10-11H2,1H3,(H,18,21). The molecule has 0 spiro atoms. The fourth-order valence-electron chi connectivity index (χ4n) is 2.07. The average molecular weight is 381 g/mol. The van der Waals surface area contributed by atoms with Crippen molar-refractivity contribution in [1.82, 2.24) is 9.62 Å². The number of rotatable bonds is 7. The molecule has 0 aliphatic rings. The molecule has 0 atom stereocenters. The van der Waals surface area contributed by atoms with Crippen LogP contribution < -0.4 is 5.32 Å². The summed E-state index contributed by atoms with van der Waals surface area (Å²) in [6.07, 6.45) is 0. The normalized spacial score (nSPS) is 11.3. The smallest absolute Gasteiger partial charge is 0.269 e. The molecule has 0 saturated carbocycles. The maximum atomic E-state index is 12.9. The van der Waals surface area contributed by atoms with Crippen LogP contribution in [0, 0.1) is 15.9 Å². The van der Waals surface area contributed by atoms with Crippen LogP contribution in [-0.2, 0) is 21.4 Å². The number of halogens is 1. The molecule has 10 heteroatoms. The zero-order chi connectivity index (χ0) is 19.3. The van der Waals surface area contributed by atoms with Gasteiger partial charge in [0, 0.05) is 25.7 Å². The number of sulfonamides is 1. The maximum Gasteiger partial charge on any atom is 0.269 e. The maximum absolute atomic E-state index is 12.9. The second-order valence-electron chi connectivity index (χ2n) is 5.42. The molecule has 0 bridgehead atoms. The molecule has 26 heavy (non-hydrogen) atoms. The van der Waals surface area contributed by atoms with Crippen LogP contribution >= 0.6 is 0 Å². The fourth-order valence-corrected chi connectivity index (χ4v) is 3.19. The van der Waals surface area contributed by atoms with E-state index in [1.165, 1.54) is 31.3 Å². The highest BCUT2D eigenvalue weighted by Crippen LogP contribution is 2.15. The molecule has 0 aliphatic heterocycles. The number of benzene rings is 2. The van der Waals surface area contributed by atoms with E-state index in [1.807, 2.05) is 0 Å². The van der Waals surface area contributed by atoms with Crippen LogP contribution in [0.5, 0.6) is 0 Å². The third kappa shape index (κ3) is 4.83. The molecule has 8 nitrogen and oxygen atoms in total. The molecule has 0 saturated heterocycles. The number of carbonyl (C=O) groups is 1. The van der Waals surface area contributed by atoms with E-state index >= 15 is 0 Å².